The number of nitrogens with one attached hydrogen (secondary N) is 1. The van der Waals surface area contributed by atoms with Crippen LogP contribution in [0.15, 0.2) is 30.5 Å². The van der Waals surface area contributed by atoms with Gasteiger partial charge in [0.05, 0.1) is 11.2 Å². The van der Waals surface area contributed by atoms with Gasteiger partial charge in [-0.3, -0.25) is 4.90 Å². The van der Waals surface area contributed by atoms with Crippen molar-refractivity contribution < 1.29 is 14.3 Å². The second kappa shape index (κ2) is 3.94. The Bertz CT molecular complexity index is 797. The largest absolute Gasteiger partial charge is 0.465 e. The number of carboxylic acid groups (broad SMARTS) is 1. The normalized spacial score (nSPS) is 11.1. The Morgan fingerprint density at radius 1 is 1.42 bits per heavy atom. The van der Waals surface area contributed by atoms with Gasteiger partial charge in [-0.1, -0.05) is 0 Å². The van der Waals surface area contributed by atoms with Gasteiger partial charge in [-0.25, -0.2) is 14.2 Å². The van der Waals surface area contributed by atoms with E-state index >= 15 is 0 Å². The number of rotatable bonds is 1. The molecule has 0 spiro atoms. The highest BCUT2D eigenvalue weighted by molar-refractivity contribution is 6.11. The van der Waals surface area contributed by atoms with Crippen LogP contribution < -0.4 is 4.90 Å². The van der Waals surface area contributed by atoms with E-state index in [4.69, 9.17) is 5.11 Å². The second-order valence-corrected chi connectivity index (χ2v) is 4.21. The van der Waals surface area contributed by atoms with E-state index in [1.807, 2.05) is 6.07 Å². The molecule has 19 heavy (non-hydrogen) atoms. The zero-order valence-corrected chi connectivity index (χ0v) is 10.0. The Labute approximate surface area is 107 Å². The molecule has 0 aliphatic rings. The first-order valence-corrected chi connectivity index (χ1v) is 5.60. The molecule has 2 aromatic heterocycles. The van der Waals surface area contributed by atoms with E-state index in [1.54, 1.807) is 12.3 Å². The Kier molecular flexibility index (Phi) is 2.38. The van der Waals surface area contributed by atoms with Crippen molar-refractivity contribution in [3.05, 3.63) is 36.3 Å². The molecule has 0 unspecified atom stereocenters. The number of hydrogen-bond acceptors (Lipinski definition) is 2. The summed E-state index contributed by atoms with van der Waals surface area (Å²) < 4.78 is 13.7. The van der Waals surface area contributed by atoms with Gasteiger partial charge in [0.25, 0.3) is 0 Å². The Morgan fingerprint density at radius 2 is 2.21 bits per heavy atom. The van der Waals surface area contributed by atoms with Crippen LogP contribution in [0, 0.1) is 5.82 Å². The molecule has 0 atom stereocenters. The average Bonchev–Trinajstić information content (AvgIpc) is 2.75. The minimum atomic E-state index is -1.15. The summed E-state index contributed by atoms with van der Waals surface area (Å²) in [6.07, 6.45) is 0.466. The fourth-order valence-electron chi connectivity index (χ4n) is 2.14. The number of nitrogens with zero attached hydrogens (tertiary/aromatic N) is 2. The summed E-state index contributed by atoms with van der Waals surface area (Å²) in [6, 6.07) is 6.12. The molecule has 0 aliphatic carbocycles. The van der Waals surface area contributed by atoms with E-state index in [9.17, 15) is 9.18 Å². The lowest BCUT2D eigenvalue weighted by molar-refractivity contribution is 0.203. The van der Waals surface area contributed by atoms with Crippen LogP contribution in [0.5, 0.6) is 0 Å². The molecule has 3 aromatic rings. The van der Waals surface area contributed by atoms with Crippen LogP contribution in [0.1, 0.15) is 0 Å². The van der Waals surface area contributed by atoms with Gasteiger partial charge in [0.15, 0.2) is 0 Å². The van der Waals surface area contributed by atoms with Crippen molar-refractivity contribution in [2.24, 2.45) is 0 Å². The molecule has 96 valence electrons. The predicted octanol–water partition coefficient (Wildman–Crippen LogP) is 2.97. The lowest BCUT2D eigenvalue weighted by Gasteiger charge is -2.14. The third-order valence-electron chi connectivity index (χ3n) is 3.07. The number of benzene rings is 1. The van der Waals surface area contributed by atoms with Gasteiger partial charge >= 0.3 is 6.09 Å². The summed E-state index contributed by atoms with van der Waals surface area (Å²) in [7, 11) is 1.37. The monoisotopic (exact) mass is 259 g/mol. The van der Waals surface area contributed by atoms with Gasteiger partial charge in [0, 0.05) is 24.0 Å². The number of fused-ring (bicyclic) bond motifs is 3. The van der Waals surface area contributed by atoms with Crippen molar-refractivity contribution in [1.29, 1.82) is 0 Å². The van der Waals surface area contributed by atoms with E-state index in [-0.39, 0.29) is 5.69 Å². The molecule has 5 nitrogen and oxygen atoms in total. The molecule has 0 fully saturated rings. The van der Waals surface area contributed by atoms with Crippen molar-refractivity contribution >= 4 is 33.7 Å². The standard InChI is InChI=1S/C13H10FN3O2/c1-17(13(18)19)10-6-7(14)5-9-8-3-2-4-15-12(8)16-11(9)10/h2-6H,1H3,(H,15,16)(H,18,19). The highest BCUT2D eigenvalue weighted by atomic mass is 19.1. The van der Waals surface area contributed by atoms with Gasteiger partial charge in [0.2, 0.25) is 0 Å². The maximum atomic E-state index is 13.7. The lowest BCUT2D eigenvalue weighted by atomic mass is 10.1. The summed E-state index contributed by atoms with van der Waals surface area (Å²) in [5.41, 5.74) is 1.42. The first kappa shape index (κ1) is 11.5. The minimum Gasteiger partial charge on any atom is -0.465 e. The summed E-state index contributed by atoms with van der Waals surface area (Å²) >= 11 is 0. The highest BCUT2D eigenvalue weighted by Gasteiger charge is 2.17. The lowest BCUT2D eigenvalue weighted by Crippen LogP contribution is -2.24. The second-order valence-electron chi connectivity index (χ2n) is 4.21. The summed E-state index contributed by atoms with van der Waals surface area (Å²) in [6.45, 7) is 0. The first-order chi connectivity index (χ1) is 9.08. The number of hydrogen-bond donors (Lipinski definition) is 2. The molecule has 0 radical (unpaired) electrons. The summed E-state index contributed by atoms with van der Waals surface area (Å²) in [5, 5.41) is 10.4. The van der Waals surface area contributed by atoms with Gasteiger partial charge in [-0.2, -0.15) is 0 Å². The van der Waals surface area contributed by atoms with Crippen molar-refractivity contribution in [2.45, 2.75) is 0 Å². The molecule has 0 saturated carbocycles. The van der Waals surface area contributed by atoms with Crippen LogP contribution >= 0.6 is 0 Å². The predicted molar refractivity (Wildman–Crippen MR) is 70.0 cm³/mol. The zero-order valence-electron chi connectivity index (χ0n) is 10.0. The van der Waals surface area contributed by atoms with E-state index < -0.39 is 11.9 Å². The Morgan fingerprint density at radius 3 is 2.95 bits per heavy atom. The van der Waals surface area contributed by atoms with Crippen LogP contribution in [-0.4, -0.2) is 28.2 Å². The Hall–Kier alpha value is -2.63. The minimum absolute atomic E-state index is 0.264. The number of pyridine rings is 1. The van der Waals surface area contributed by atoms with Gasteiger partial charge in [0.1, 0.15) is 11.5 Å². The number of halogens is 1. The number of amides is 1. The number of H-pyrrole nitrogens is 1. The quantitative estimate of drug-likeness (QED) is 0.705. The molecule has 2 heterocycles. The fourth-order valence-corrected chi connectivity index (χ4v) is 2.14. The summed E-state index contributed by atoms with van der Waals surface area (Å²) in [4.78, 5) is 19.2. The molecule has 0 aliphatic heterocycles. The topological polar surface area (TPSA) is 69.2 Å². The van der Waals surface area contributed by atoms with Crippen LogP contribution in [-0.2, 0) is 0 Å². The molecular weight excluding hydrogens is 249 g/mol. The van der Waals surface area contributed by atoms with Gasteiger partial charge in [-0.05, 0) is 24.3 Å². The molecule has 2 N–H and O–H groups in total. The van der Waals surface area contributed by atoms with Crippen LogP contribution in [0.25, 0.3) is 21.9 Å². The van der Waals surface area contributed by atoms with E-state index in [0.717, 1.165) is 10.3 Å². The first-order valence-electron chi connectivity index (χ1n) is 5.60. The average molecular weight is 259 g/mol. The van der Waals surface area contributed by atoms with E-state index in [1.165, 1.54) is 19.2 Å². The van der Waals surface area contributed by atoms with Gasteiger partial charge in [-0.15, -0.1) is 0 Å². The van der Waals surface area contributed by atoms with Crippen LogP contribution in [0.4, 0.5) is 14.9 Å². The number of carbonyl (C=O) groups is 1. The number of aromatic nitrogens is 2. The molecule has 0 saturated heterocycles. The third kappa shape index (κ3) is 1.69. The molecule has 1 aromatic carbocycles. The van der Waals surface area contributed by atoms with E-state index in [2.05, 4.69) is 9.97 Å². The molecule has 0 bridgehead atoms. The van der Waals surface area contributed by atoms with Crippen LogP contribution in [0.2, 0.25) is 0 Å². The highest BCUT2D eigenvalue weighted by Crippen LogP contribution is 2.32. The number of aromatic amines is 1. The SMILES string of the molecule is CN(C(=O)O)c1cc(F)cc2c1[nH]c1ncccc12. The van der Waals surface area contributed by atoms with Crippen LogP contribution in [0.3, 0.4) is 0 Å². The third-order valence-corrected chi connectivity index (χ3v) is 3.07. The Balaban J connectivity index is 2.42. The molecule has 3 rings (SSSR count). The molecule has 6 heteroatoms. The smallest absolute Gasteiger partial charge is 0.411 e. The number of anilines is 1. The van der Waals surface area contributed by atoms with E-state index in [0.29, 0.717) is 16.6 Å². The maximum Gasteiger partial charge on any atom is 0.411 e. The van der Waals surface area contributed by atoms with Gasteiger partial charge < -0.3 is 10.1 Å². The maximum absolute atomic E-state index is 13.7. The molecule has 1 amide bonds. The van der Waals surface area contributed by atoms with Crippen molar-refractivity contribution in [3.63, 3.8) is 0 Å². The zero-order chi connectivity index (χ0) is 13.6. The summed E-state index contributed by atoms with van der Waals surface area (Å²) in [5.74, 6) is -0.486. The van der Waals surface area contributed by atoms with Crippen molar-refractivity contribution in [1.82, 2.24) is 9.97 Å². The fraction of sp³-hybridized carbons (Fsp3) is 0.0769. The van der Waals surface area contributed by atoms with Crippen molar-refractivity contribution in [2.75, 3.05) is 11.9 Å². The van der Waals surface area contributed by atoms with Crippen molar-refractivity contribution in [3.8, 4) is 0 Å². The molecular formula is C13H10FN3O2.